The average molecular weight is 373 g/mol. The van der Waals surface area contributed by atoms with Crippen LogP contribution in [0.25, 0.3) is 0 Å². The lowest BCUT2D eigenvalue weighted by Gasteiger charge is -2.25. The van der Waals surface area contributed by atoms with Gasteiger partial charge in [0.2, 0.25) is 5.88 Å². The first-order chi connectivity index (χ1) is 12.7. The van der Waals surface area contributed by atoms with E-state index in [9.17, 15) is 10.2 Å². The van der Waals surface area contributed by atoms with Gasteiger partial charge in [0, 0.05) is 24.2 Å². The molecule has 0 saturated carbocycles. The summed E-state index contributed by atoms with van der Waals surface area (Å²) >= 11 is 0. The Balaban J connectivity index is 1.91. The third kappa shape index (κ3) is 6.29. The first-order valence-electron chi connectivity index (χ1n) is 9.58. The van der Waals surface area contributed by atoms with Crippen molar-refractivity contribution >= 4 is 0 Å². The summed E-state index contributed by atoms with van der Waals surface area (Å²) in [6.07, 6.45) is 6.72. The maximum absolute atomic E-state index is 10.7. The smallest absolute Gasteiger partial charge is 0.216 e. The van der Waals surface area contributed by atoms with Gasteiger partial charge in [-0.3, -0.25) is 4.98 Å². The molecule has 2 aromatic heterocycles. The van der Waals surface area contributed by atoms with Crippen LogP contribution in [-0.2, 0) is 6.61 Å². The molecule has 2 aromatic rings. The molecule has 27 heavy (non-hydrogen) atoms. The van der Waals surface area contributed by atoms with Crippen LogP contribution < -0.4 is 4.74 Å². The Morgan fingerprint density at radius 1 is 1.11 bits per heavy atom. The summed E-state index contributed by atoms with van der Waals surface area (Å²) in [5.74, 6) is 1.24. The Morgan fingerprint density at radius 3 is 2.48 bits per heavy atom. The summed E-state index contributed by atoms with van der Waals surface area (Å²) in [5.41, 5.74) is 3.10. The van der Waals surface area contributed by atoms with Crippen molar-refractivity contribution in [2.75, 3.05) is 6.61 Å². The maximum atomic E-state index is 10.7. The van der Waals surface area contributed by atoms with Crippen LogP contribution >= 0.6 is 0 Å². The third-order valence-electron chi connectivity index (χ3n) is 4.92. The Bertz CT molecular complexity index is 744. The second-order valence-corrected chi connectivity index (χ2v) is 8.06. The van der Waals surface area contributed by atoms with Gasteiger partial charge < -0.3 is 14.9 Å². The molecule has 2 rings (SSSR count). The second-order valence-electron chi connectivity index (χ2n) is 8.06. The molecule has 148 valence electrons. The third-order valence-corrected chi connectivity index (χ3v) is 4.92. The van der Waals surface area contributed by atoms with E-state index in [0.29, 0.717) is 18.2 Å². The molecule has 1 unspecified atom stereocenters. The summed E-state index contributed by atoms with van der Waals surface area (Å²) in [4.78, 5) is 8.57. The van der Waals surface area contributed by atoms with Crippen molar-refractivity contribution in [1.29, 1.82) is 0 Å². The highest BCUT2D eigenvalue weighted by Gasteiger charge is 2.23. The van der Waals surface area contributed by atoms with Crippen molar-refractivity contribution in [3.63, 3.8) is 0 Å². The van der Waals surface area contributed by atoms with E-state index in [1.165, 1.54) is 5.56 Å². The fourth-order valence-electron chi connectivity index (χ4n) is 2.90. The van der Waals surface area contributed by atoms with E-state index in [1.807, 2.05) is 25.4 Å². The molecular formula is C22H32N2O3. The lowest BCUT2D eigenvalue weighted by atomic mass is 9.91. The molecule has 0 aliphatic rings. The molecule has 5 nitrogen and oxygen atoms in total. The zero-order valence-corrected chi connectivity index (χ0v) is 17.1. The summed E-state index contributed by atoms with van der Waals surface area (Å²) in [6, 6.07) is 4.05. The largest absolute Gasteiger partial charge is 0.474 e. The molecule has 0 aliphatic carbocycles. The minimum absolute atomic E-state index is 0.0128. The van der Waals surface area contributed by atoms with Gasteiger partial charge in [-0.05, 0) is 61.3 Å². The Hall–Kier alpha value is -1.98. The molecule has 5 heteroatoms. The fourth-order valence-corrected chi connectivity index (χ4v) is 2.90. The number of nitrogens with zero attached hydrogens (tertiary/aromatic N) is 2. The molecule has 2 atom stereocenters. The van der Waals surface area contributed by atoms with E-state index in [1.54, 1.807) is 13.1 Å². The van der Waals surface area contributed by atoms with Crippen LogP contribution in [-0.4, -0.2) is 32.4 Å². The van der Waals surface area contributed by atoms with Crippen LogP contribution in [0.3, 0.4) is 0 Å². The summed E-state index contributed by atoms with van der Waals surface area (Å²) in [6.45, 7) is 10.3. The molecule has 0 amide bonds. The number of rotatable bonds is 9. The molecule has 0 radical (unpaired) electrons. The minimum atomic E-state index is -0.943. The highest BCUT2D eigenvalue weighted by molar-refractivity contribution is 5.30. The summed E-state index contributed by atoms with van der Waals surface area (Å²) < 4.78 is 5.80. The number of pyridine rings is 2. The van der Waals surface area contributed by atoms with Gasteiger partial charge >= 0.3 is 0 Å². The molecule has 0 bridgehead atoms. The lowest BCUT2D eigenvalue weighted by Crippen LogP contribution is -2.33. The van der Waals surface area contributed by atoms with Crippen LogP contribution in [0.1, 0.15) is 74.6 Å². The highest BCUT2D eigenvalue weighted by Crippen LogP contribution is 2.26. The Morgan fingerprint density at radius 2 is 1.85 bits per heavy atom. The maximum Gasteiger partial charge on any atom is 0.216 e. The van der Waals surface area contributed by atoms with Crippen LogP contribution in [0.2, 0.25) is 0 Å². The van der Waals surface area contributed by atoms with Gasteiger partial charge in [-0.2, -0.15) is 0 Å². The minimum Gasteiger partial charge on any atom is -0.474 e. The lowest BCUT2D eigenvalue weighted by molar-refractivity contribution is 0.0000694. The quantitative estimate of drug-likeness (QED) is 0.693. The first kappa shape index (κ1) is 21.3. The molecule has 0 fully saturated rings. The number of aliphatic hydroxyl groups is 2. The number of hydrogen-bond donors (Lipinski definition) is 2. The highest BCUT2D eigenvalue weighted by atomic mass is 16.5. The van der Waals surface area contributed by atoms with Crippen LogP contribution in [0.5, 0.6) is 5.88 Å². The van der Waals surface area contributed by atoms with Gasteiger partial charge in [-0.1, -0.05) is 26.8 Å². The van der Waals surface area contributed by atoms with E-state index in [2.05, 4.69) is 36.8 Å². The monoisotopic (exact) mass is 372 g/mol. The van der Waals surface area contributed by atoms with Crippen molar-refractivity contribution in [1.82, 2.24) is 9.97 Å². The van der Waals surface area contributed by atoms with Crippen molar-refractivity contribution in [2.24, 2.45) is 0 Å². The van der Waals surface area contributed by atoms with E-state index in [-0.39, 0.29) is 19.1 Å². The van der Waals surface area contributed by atoms with Crippen molar-refractivity contribution in [2.45, 2.75) is 71.5 Å². The predicted molar refractivity (Wildman–Crippen MR) is 107 cm³/mol. The number of aromatic nitrogens is 2. The van der Waals surface area contributed by atoms with Crippen LogP contribution in [0.4, 0.5) is 0 Å². The summed E-state index contributed by atoms with van der Waals surface area (Å²) in [7, 11) is 0. The van der Waals surface area contributed by atoms with E-state index in [4.69, 9.17) is 4.74 Å². The Labute approximate surface area is 162 Å². The molecule has 0 aromatic carbocycles. The molecule has 0 spiro atoms. The number of ether oxygens (including phenoxy) is 1. The van der Waals surface area contributed by atoms with Crippen molar-refractivity contribution < 1.29 is 14.9 Å². The van der Waals surface area contributed by atoms with Gasteiger partial charge in [0.05, 0.1) is 12.2 Å². The van der Waals surface area contributed by atoms with Crippen molar-refractivity contribution in [3.8, 4) is 5.88 Å². The fraction of sp³-hybridized carbons (Fsp3) is 0.545. The number of hydrogen-bond acceptors (Lipinski definition) is 5. The van der Waals surface area contributed by atoms with Crippen LogP contribution in [0.15, 0.2) is 30.7 Å². The first-order valence-corrected chi connectivity index (χ1v) is 9.58. The summed E-state index contributed by atoms with van der Waals surface area (Å²) in [5, 5.41) is 19.9. The van der Waals surface area contributed by atoms with Gasteiger partial charge in [0.1, 0.15) is 6.61 Å². The normalized spacial score (nSPS) is 14.8. The molecule has 0 aliphatic heterocycles. The predicted octanol–water partition coefficient (Wildman–Crippen LogP) is 4.11. The van der Waals surface area contributed by atoms with Gasteiger partial charge in [0.25, 0.3) is 0 Å². The van der Waals surface area contributed by atoms with E-state index in [0.717, 1.165) is 23.1 Å². The number of aryl methyl sites for hydroxylation is 1. The van der Waals surface area contributed by atoms with Crippen LogP contribution in [0, 0.1) is 6.92 Å². The zero-order valence-electron chi connectivity index (χ0n) is 17.1. The SMILES string of the molecule is Cc1cc(C(C)C)cnc1OCC(C)(O)CC[C@H](C)c1cncc(CO)c1. The van der Waals surface area contributed by atoms with E-state index >= 15 is 0 Å². The molecule has 2 heterocycles. The zero-order chi connectivity index (χ0) is 20.0. The Kier molecular flexibility index (Phi) is 7.33. The van der Waals surface area contributed by atoms with Gasteiger partial charge in [-0.15, -0.1) is 0 Å². The topological polar surface area (TPSA) is 75.5 Å². The van der Waals surface area contributed by atoms with Gasteiger partial charge in [-0.25, -0.2) is 4.98 Å². The van der Waals surface area contributed by atoms with Crippen molar-refractivity contribution in [3.05, 3.63) is 53.0 Å². The average Bonchev–Trinajstić information content (AvgIpc) is 2.65. The standard InChI is InChI=1S/C22H32N2O3/c1-15(2)19-8-17(4)21(24-12-19)27-14-22(5,26)7-6-16(3)20-9-18(13-25)10-23-11-20/h8-12,15-16,25-26H,6-7,13-14H2,1-5H3/t16-,22?/m0/s1. The molecular weight excluding hydrogens is 340 g/mol. The van der Waals surface area contributed by atoms with Gasteiger partial charge in [0.15, 0.2) is 0 Å². The number of aliphatic hydroxyl groups excluding tert-OH is 1. The molecule has 2 N–H and O–H groups in total. The molecule has 0 saturated heterocycles. The van der Waals surface area contributed by atoms with E-state index < -0.39 is 5.60 Å². The second kappa shape index (κ2) is 9.29.